The molecule has 3 rings (SSSR count). The average Bonchev–Trinajstić information content (AvgIpc) is 2.46. The smallest absolute Gasteiger partial charge is 0.257 e. The molecule has 0 aromatic heterocycles. The van der Waals surface area contributed by atoms with Crippen molar-refractivity contribution in [3.05, 3.63) is 23.8 Å². The van der Waals surface area contributed by atoms with Gasteiger partial charge in [-0.2, -0.15) is 0 Å². The molecule has 2 saturated heterocycles. The molecule has 1 amide bonds. The van der Waals surface area contributed by atoms with E-state index in [2.05, 4.69) is 10.2 Å². The van der Waals surface area contributed by atoms with Gasteiger partial charge in [-0.25, -0.2) is 0 Å². The Balaban J connectivity index is 1.60. The van der Waals surface area contributed by atoms with Crippen molar-refractivity contribution in [2.45, 2.75) is 6.04 Å². The molecular weight excluding hydrogens is 270 g/mol. The molecule has 6 heteroatoms. The minimum absolute atomic E-state index is 0.0232. The number of likely N-dealkylation sites (tertiary alicyclic amines) is 1. The van der Waals surface area contributed by atoms with Crippen molar-refractivity contribution >= 4 is 5.91 Å². The summed E-state index contributed by atoms with van der Waals surface area (Å²) in [6.07, 6.45) is 0. The van der Waals surface area contributed by atoms with E-state index in [1.165, 1.54) is 13.2 Å². The molecule has 6 nitrogen and oxygen atoms in total. The van der Waals surface area contributed by atoms with Gasteiger partial charge in [0.2, 0.25) is 0 Å². The van der Waals surface area contributed by atoms with Gasteiger partial charge in [0, 0.05) is 51.4 Å². The Bertz CT molecular complexity index is 523. The number of nitrogens with zero attached hydrogens (tertiary/aromatic N) is 2. The molecule has 2 heterocycles. The van der Waals surface area contributed by atoms with Crippen LogP contribution >= 0.6 is 0 Å². The van der Waals surface area contributed by atoms with E-state index in [0.29, 0.717) is 17.4 Å². The molecule has 0 radical (unpaired) electrons. The van der Waals surface area contributed by atoms with E-state index < -0.39 is 0 Å². The van der Waals surface area contributed by atoms with Gasteiger partial charge < -0.3 is 20.1 Å². The molecule has 0 atom stereocenters. The van der Waals surface area contributed by atoms with Crippen LogP contribution in [0.3, 0.4) is 0 Å². The lowest BCUT2D eigenvalue weighted by atomic mass is 10.0. The molecule has 2 N–H and O–H groups in total. The van der Waals surface area contributed by atoms with Crippen LogP contribution in [0.5, 0.6) is 11.5 Å². The molecule has 2 aliphatic heterocycles. The number of phenolic OH excluding ortho intramolecular Hbond substituents is 1. The zero-order valence-corrected chi connectivity index (χ0v) is 12.2. The van der Waals surface area contributed by atoms with Crippen LogP contribution < -0.4 is 10.1 Å². The summed E-state index contributed by atoms with van der Waals surface area (Å²) in [5.74, 6) is 0.415. The number of hydrogen-bond acceptors (Lipinski definition) is 5. The van der Waals surface area contributed by atoms with E-state index in [1.54, 1.807) is 17.0 Å². The lowest BCUT2D eigenvalue weighted by molar-refractivity contribution is 0.0225. The van der Waals surface area contributed by atoms with E-state index in [4.69, 9.17) is 4.74 Å². The van der Waals surface area contributed by atoms with E-state index in [0.717, 1.165) is 39.3 Å². The molecule has 114 valence electrons. The number of benzene rings is 1. The van der Waals surface area contributed by atoms with Crippen molar-refractivity contribution in [1.82, 2.24) is 15.1 Å². The number of amides is 1. The summed E-state index contributed by atoms with van der Waals surface area (Å²) in [6.45, 7) is 5.60. The Kier molecular flexibility index (Phi) is 3.98. The molecule has 0 unspecified atom stereocenters. The molecule has 0 saturated carbocycles. The average molecular weight is 291 g/mol. The number of rotatable bonds is 3. The summed E-state index contributed by atoms with van der Waals surface area (Å²) in [6, 6.07) is 5.24. The fraction of sp³-hybridized carbons (Fsp3) is 0.533. The summed E-state index contributed by atoms with van der Waals surface area (Å²) >= 11 is 0. The van der Waals surface area contributed by atoms with E-state index in [9.17, 15) is 9.90 Å². The van der Waals surface area contributed by atoms with Gasteiger partial charge in [-0.15, -0.1) is 0 Å². The Morgan fingerprint density at radius 3 is 2.67 bits per heavy atom. The second-order valence-electron chi connectivity index (χ2n) is 5.53. The molecule has 21 heavy (non-hydrogen) atoms. The maximum absolute atomic E-state index is 12.4. The van der Waals surface area contributed by atoms with Gasteiger partial charge in [-0.3, -0.25) is 9.69 Å². The van der Waals surface area contributed by atoms with Crippen molar-refractivity contribution in [2.24, 2.45) is 0 Å². The van der Waals surface area contributed by atoms with Gasteiger partial charge in [0.05, 0.1) is 12.7 Å². The Morgan fingerprint density at radius 1 is 1.33 bits per heavy atom. The van der Waals surface area contributed by atoms with Crippen LogP contribution in [-0.4, -0.2) is 73.2 Å². The van der Waals surface area contributed by atoms with Crippen LogP contribution in [0.4, 0.5) is 0 Å². The van der Waals surface area contributed by atoms with Crippen LogP contribution in [0.15, 0.2) is 18.2 Å². The number of phenols is 1. The molecule has 2 fully saturated rings. The molecule has 0 bridgehead atoms. The van der Waals surface area contributed by atoms with Crippen LogP contribution in [0.1, 0.15) is 10.4 Å². The molecule has 0 aliphatic carbocycles. The third kappa shape index (κ3) is 2.82. The molecule has 1 aromatic rings. The van der Waals surface area contributed by atoms with Crippen molar-refractivity contribution in [3.63, 3.8) is 0 Å². The van der Waals surface area contributed by atoms with Crippen LogP contribution in [0.25, 0.3) is 0 Å². The van der Waals surface area contributed by atoms with Gasteiger partial charge in [0.15, 0.2) is 0 Å². The van der Waals surface area contributed by atoms with Crippen LogP contribution in [0.2, 0.25) is 0 Å². The number of aromatic hydroxyl groups is 1. The van der Waals surface area contributed by atoms with Gasteiger partial charge in [0.25, 0.3) is 5.91 Å². The van der Waals surface area contributed by atoms with Crippen molar-refractivity contribution in [3.8, 4) is 11.5 Å². The number of carbonyl (C=O) groups is 1. The monoisotopic (exact) mass is 291 g/mol. The highest BCUT2D eigenvalue weighted by Crippen LogP contribution is 2.27. The largest absolute Gasteiger partial charge is 0.507 e. The number of hydrogen-bond donors (Lipinski definition) is 2. The molecule has 0 spiro atoms. The maximum Gasteiger partial charge on any atom is 0.257 e. The third-order valence-corrected chi connectivity index (χ3v) is 4.25. The number of methoxy groups -OCH3 is 1. The maximum atomic E-state index is 12.4. The Morgan fingerprint density at radius 2 is 2.05 bits per heavy atom. The third-order valence-electron chi connectivity index (χ3n) is 4.25. The van der Waals surface area contributed by atoms with E-state index in [-0.39, 0.29) is 11.7 Å². The number of carbonyl (C=O) groups excluding carboxylic acids is 1. The van der Waals surface area contributed by atoms with Crippen LogP contribution in [-0.2, 0) is 0 Å². The standard InChI is InChI=1S/C15H21N3O3/c1-21-12-2-3-13(14(19)8-12)15(20)18-9-11(10-18)17-6-4-16-5-7-17/h2-3,8,11,16,19H,4-7,9-10H2,1H3. The Hall–Kier alpha value is -1.79. The van der Waals surface area contributed by atoms with Crippen molar-refractivity contribution in [2.75, 3.05) is 46.4 Å². The predicted octanol–water partition coefficient (Wildman–Crippen LogP) is 0.130. The number of piperazine rings is 1. The second kappa shape index (κ2) is 5.91. The predicted molar refractivity (Wildman–Crippen MR) is 78.8 cm³/mol. The van der Waals surface area contributed by atoms with Gasteiger partial charge in [-0.1, -0.05) is 0 Å². The first-order valence-electron chi connectivity index (χ1n) is 7.30. The minimum Gasteiger partial charge on any atom is -0.507 e. The normalized spacial score (nSPS) is 20.1. The first kappa shape index (κ1) is 14.2. The van der Waals surface area contributed by atoms with E-state index in [1.807, 2.05) is 0 Å². The zero-order valence-electron chi connectivity index (χ0n) is 12.2. The summed E-state index contributed by atoms with van der Waals surface area (Å²) in [5.41, 5.74) is 0.342. The highest BCUT2D eigenvalue weighted by atomic mass is 16.5. The first-order valence-corrected chi connectivity index (χ1v) is 7.30. The topological polar surface area (TPSA) is 65.0 Å². The lowest BCUT2D eigenvalue weighted by Gasteiger charge is -2.46. The first-order chi connectivity index (χ1) is 10.2. The van der Waals surface area contributed by atoms with Gasteiger partial charge in [-0.05, 0) is 12.1 Å². The van der Waals surface area contributed by atoms with Crippen molar-refractivity contribution < 1.29 is 14.6 Å². The highest BCUT2D eigenvalue weighted by molar-refractivity contribution is 5.97. The molecule has 2 aliphatic rings. The van der Waals surface area contributed by atoms with Crippen molar-refractivity contribution in [1.29, 1.82) is 0 Å². The second-order valence-corrected chi connectivity index (χ2v) is 5.53. The highest BCUT2D eigenvalue weighted by Gasteiger charge is 2.36. The molecular formula is C15H21N3O3. The van der Waals surface area contributed by atoms with E-state index >= 15 is 0 Å². The fourth-order valence-corrected chi connectivity index (χ4v) is 2.89. The van der Waals surface area contributed by atoms with Crippen LogP contribution in [0, 0.1) is 0 Å². The number of ether oxygens (including phenoxy) is 1. The zero-order chi connectivity index (χ0) is 14.8. The number of nitrogens with one attached hydrogen (secondary N) is 1. The summed E-state index contributed by atoms with van der Waals surface area (Å²) in [5, 5.41) is 13.3. The quantitative estimate of drug-likeness (QED) is 0.829. The fourth-order valence-electron chi connectivity index (χ4n) is 2.89. The van der Waals surface area contributed by atoms with Gasteiger partial charge >= 0.3 is 0 Å². The lowest BCUT2D eigenvalue weighted by Crippen LogP contribution is -2.63. The molecule has 1 aromatic carbocycles. The summed E-state index contributed by atoms with van der Waals surface area (Å²) in [7, 11) is 1.53. The SMILES string of the molecule is COc1ccc(C(=O)N2CC(N3CCNCC3)C2)c(O)c1. The summed E-state index contributed by atoms with van der Waals surface area (Å²) < 4.78 is 5.03. The Labute approximate surface area is 124 Å². The summed E-state index contributed by atoms with van der Waals surface area (Å²) in [4.78, 5) is 16.6. The minimum atomic E-state index is -0.110. The van der Waals surface area contributed by atoms with Gasteiger partial charge in [0.1, 0.15) is 11.5 Å².